The summed E-state index contributed by atoms with van der Waals surface area (Å²) in [5.41, 5.74) is 0. The van der Waals surface area contributed by atoms with Gasteiger partial charge in [-0.05, 0) is 25.1 Å². The molecule has 1 aliphatic rings. The first-order valence-corrected chi connectivity index (χ1v) is 7.84. The van der Waals surface area contributed by atoms with Gasteiger partial charge >= 0.3 is 0 Å². The predicted molar refractivity (Wildman–Crippen MR) is 83.6 cm³/mol. The number of hydrogen-bond acceptors (Lipinski definition) is 3. The first-order chi connectivity index (χ1) is 11.1. The lowest BCUT2D eigenvalue weighted by Gasteiger charge is -2.33. The molecule has 1 fully saturated rings. The Morgan fingerprint density at radius 2 is 2.04 bits per heavy atom. The highest BCUT2D eigenvalue weighted by Crippen LogP contribution is 2.22. The molecule has 2 heterocycles. The van der Waals surface area contributed by atoms with Crippen LogP contribution in [0.4, 0.5) is 4.39 Å². The lowest BCUT2D eigenvalue weighted by Crippen LogP contribution is -2.44. The molecule has 1 aromatic heterocycles. The fourth-order valence-corrected chi connectivity index (χ4v) is 2.80. The van der Waals surface area contributed by atoms with E-state index in [0.717, 1.165) is 0 Å². The van der Waals surface area contributed by atoms with Crippen LogP contribution in [0.3, 0.4) is 0 Å². The highest BCUT2D eigenvalue weighted by molar-refractivity contribution is 5.80. The van der Waals surface area contributed by atoms with E-state index in [4.69, 9.17) is 4.74 Å². The Kier molecular flexibility index (Phi) is 4.60. The number of benzene rings is 1. The van der Waals surface area contributed by atoms with Gasteiger partial charge in [-0.25, -0.2) is 4.39 Å². The number of halogens is 1. The number of para-hydroxylation sites is 1. The lowest BCUT2D eigenvalue weighted by molar-refractivity contribution is -0.136. The van der Waals surface area contributed by atoms with E-state index < -0.39 is 0 Å². The number of amides is 1. The lowest BCUT2D eigenvalue weighted by atomic mass is 10.1. The van der Waals surface area contributed by atoms with Crippen molar-refractivity contribution in [2.75, 3.05) is 13.1 Å². The molecule has 1 unspecified atom stereocenters. The number of likely N-dealkylation sites (tertiary alicyclic amines) is 1. The SMILES string of the molecule is CC(C(=O)N1CCC(Oc2ccccc2F)CC1)n1cccn1. The van der Waals surface area contributed by atoms with Gasteiger partial charge in [0.05, 0.1) is 0 Å². The number of nitrogens with zero attached hydrogens (tertiary/aromatic N) is 3. The normalized spacial score (nSPS) is 17.0. The number of carbonyl (C=O) groups is 1. The van der Waals surface area contributed by atoms with Crippen LogP contribution >= 0.6 is 0 Å². The van der Waals surface area contributed by atoms with Gasteiger partial charge in [0.25, 0.3) is 0 Å². The third-order valence-corrected chi connectivity index (χ3v) is 4.16. The van der Waals surface area contributed by atoms with Crippen molar-refractivity contribution in [2.45, 2.75) is 31.9 Å². The molecular formula is C17H20FN3O2. The number of carbonyl (C=O) groups excluding carboxylic acids is 1. The van der Waals surface area contributed by atoms with Crippen molar-refractivity contribution >= 4 is 5.91 Å². The van der Waals surface area contributed by atoms with E-state index in [9.17, 15) is 9.18 Å². The zero-order valence-corrected chi connectivity index (χ0v) is 13.1. The summed E-state index contributed by atoms with van der Waals surface area (Å²) in [6.07, 6.45) is 4.79. The molecular weight excluding hydrogens is 297 g/mol. The summed E-state index contributed by atoms with van der Waals surface area (Å²) in [5, 5.41) is 4.12. The van der Waals surface area contributed by atoms with Crippen molar-refractivity contribution in [3.8, 4) is 5.75 Å². The predicted octanol–water partition coefficient (Wildman–Crippen LogP) is 2.65. The van der Waals surface area contributed by atoms with Gasteiger partial charge in [-0.1, -0.05) is 12.1 Å². The van der Waals surface area contributed by atoms with E-state index >= 15 is 0 Å². The Labute approximate surface area is 134 Å². The highest BCUT2D eigenvalue weighted by atomic mass is 19.1. The maximum Gasteiger partial charge on any atom is 0.247 e. The molecule has 0 N–H and O–H groups in total. The first kappa shape index (κ1) is 15.5. The fraction of sp³-hybridized carbons (Fsp3) is 0.412. The van der Waals surface area contributed by atoms with Gasteiger partial charge in [-0.15, -0.1) is 0 Å². The Bertz CT molecular complexity index is 652. The average Bonchev–Trinajstić information content (AvgIpc) is 3.11. The summed E-state index contributed by atoms with van der Waals surface area (Å²) in [7, 11) is 0. The van der Waals surface area contributed by atoms with Gasteiger partial charge in [0.2, 0.25) is 5.91 Å². The quantitative estimate of drug-likeness (QED) is 0.871. The number of rotatable bonds is 4. The van der Waals surface area contributed by atoms with Crippen LogP contribution in [0, 0.1) is 5.82 Å². The summed E-state index contributed by atoms with van der Waals surface area (Å²) in [6.45, 7) is 3.07. The third kappa shape index (κ3) is 3.52. The second-order valence-corrected chi connectivity index (χ2v) is 5.73. The number of hydrogen-bond donors (Lipinski definition) is 0. The summed E-state index contributed by atoms with van der Waals surface area (Å²) in [6, 6.07) is 7.90. The molecule has 122 valence electrons. The largest absolute Gasteiger partial charge is 0.487 e. The van der Waals surface area contributed by atoms with Gasteiger partial charge in [-0.3, -0.25) is 9.48 Å². The Morgan fingerprint density at radius 3 is 2.70 bits per heavy atom. The number of ether oxygens (including phenoxy) is 1. The van der Waals surface area contributed by atoms with E-state index in [1.807, 2.05) is 11.8 Å². The van der Waals surface area contributed by atoms with Crippen molar-refractivity contribution in [2.24, 2.45) is 0 Å². The minimum atomic E-state index is -0.349. The van der Waals surface area contributed by atoms with Crippen LogP contribution in [0.2, 0.25) is 0 Å². The molecule has 1 amide bonds. The van der Waals surface area contributed by atoms with E-state index in [1.54, 1.807) is 41.3 Å². The monoisotopic (exact) mass is 317 g/mol. The van der Waals surface area contributed by atoms with Crippen LogP contribution in [0.25, 0.3) is 0 Å². The van der Waals surface area contributed by atoms with E-state index in [1.165, 1.54) is 6.07 Å². The van der Waals surface area contributed by atoms with Crippen molar-refractivity contribution in [3.63, 3.8) is 0 Å². The zero-order chi connectivity index (χ0) is 16.2. The van der Waals surface area contributed by atoms with Gasteiger partial charge in [-0.2, -0.15) is 5.10 Å². The molecule has 23 heavy (non-hydrogen) atoms. The minimum absolute atomic E-state index is 0.0537. The van der Waals surface area contributed by atoms with E-state index in [0.29, 0.717) is 25.9 Å². The number of piperidine rings is 1. The Balaban J connectivity index is 1.54. The van der Waals surface area contributed by atoms with E-state index in [-0.39, 0.29) is 29.6 Å². The first-order valence-electron chi connectivity index (χ1n) is 7.84. The molecule has 0 spiro atoms. The molecule has 0 saturated carbocycles. The van der Waals surface area contributed by atoms with Crippen LogP contribution in [-0.2, 0) is 4.79 Å². The van der Waals surface area contributed by atoms with Gasteiger partial charge in [0, 0.05) is 38.3 Å². The summed E-state index contributed by atoms with van der Waals surface area (Å²) in [5.74, 6) is -0.0152. The molecule has 3 rings (SSSR count). The smallest absolute Gasteiger partial charge is 0.247 e. The maximum absolute atomic E-state index is 13.6. The van der Waals surface area contributed by atoms with Crippen LogP contribution in [0.15, 0.2) is 42.7 Å². The molecule has 0 radical (unpaired) electrons. The number of aromatic nitrogens is 2. The Morgan fingerprint density at radius 1 is 1.30 bits per heavy atom. The van der Waals surface area contributed by atoms with Gasteiger partial charge < -0.3 is 9.64 Å². The second kappa shape index (κ2) is 6.81. The van der Waals surface area contributed by atoms with Crippen molar-refractivity contribution in [3.05, 3.63) is 48.5 Å². The van der Waals surface area contributed by atoms with Crippen molar-refractivity contribution in [1.82, 2.24) is 14.7 Å². The third-order valence-electron chi connectivity index (χ3n) is 4.16. The highest BCUT2D eigenvalue weighted by Gasteiger charge is 2.28. The topological polar surface area (TPSA) is 47.4 Å². The minimum Gasteiger partial charge on any atom is -0.487 e. The molecule has 1 saturated heterocycles. The van der Waals surface area contributed by atoms with Crippen LogP contribution in [0.5, 0.6) is 5.75 Å². The van der Waals surface area contributed by atoms with Crippen molar-refractivity contribution < 1.29 is 13.9 Å². The average molecular weight is 317 g/mol. The van der Waals surface area contributed by atoms with Gasteiger partial charge in [0.15, 0.2) is 11.6 Å². The fourth-order valence-electron chi connectivity index (χ4n) is 2.80. The second-order valence-electron chi connectivity index (χ2n) is 5.73. The molecule has 0 bridgehead atoms. The summed E-state index contributed by atoms with van der Waals surface area (Å²) < 4.78 is 21.0. The van der Waals surface area contributed by atoms with Crippen LogP contribution < -0.4 is 4.74 Å². The Hall–Kier alpha value is -2.37. The molecule has 2 aromatic rings. The van der Waals surface area contributed by atoms with Crippen molar-refractivity contribution in [1.29, 1.82) is 0 Å². The molecule has 6 heteroatoms. The molecule has 5 nitrogen and oxygen atoms in total. The standard InChI is InChI=1S/C17H20FN3O2/c1-13(21-10-4-9-19-21)17(22)20-11-7-14(8-12-20)23-16-6-3-2-5-15(16)18/h2-6,9-10,13-14H,7-8,11-12H2,1H3. The van der Waals surface area contributed by atoms with E-state index in [2.05, 4.69) is 5.10 Å². The van der Waals surface area contributed by atoms with Crippen LogP contribution in [0.1, 0.15) is 25.8 Å². The molecule has 0 aliphatic carbocycles. The summed E-state index contributed by atoms with van der Waals surface area (Å²) >= 11 is 0. The van der Waals surface area contributed by atoms with Crippen LogP contribution in [-0.4, -0.2) is 39.8 Å². The zero-order valence-electron chi connectivity index (χ0n) is 13.1. The molecule has 1 aliphatic heterocycles. The molecule has 1 atom stereocenters. The van der Waals surface area contributed by atoms with Gasteiger partial charge in [0.1, 0.15) is 12.1 Å². The summed E-state index contributed by atoms with van der Waals surface area (Å²) in [4.78, 5) is 14.3. The molecule has 1 aromatic carbocycles. The maximum atomic E-state index is 13.6.